The van der Waals surface area contributed by atoms with Gasteiger partial charge in [0.25, 0.3) is 0 Å². The van der Waals surface area contributed by atoms with E-state index >= 15 is 0 Å². The third-order valence-corrected chi connectivity index (χ3v) is 2.76. The summed E-state index contributed by atoms with van der Waals surface area (Å²) >= 11 is 5.66. The molecule has 1 aromatic heterocycles. The normalized spacial score (nSPS) is 12.4. The quantitative estimate of drug-likeness (QED) is 0.929. The summed E-state index contributed by atoms with van der Waals surface area (Å²) in [6, 6.07) is 4.36. The summed E-state index contributed by atoms with van der Waals surface area (Å²) in [6.45, 7) is 1.86. The largest absolute Gasteiger partial charge is 0.385 e. The average molecular weight is 267 g/mol. The van der Waals surface area contributed by atoms with Crippen LogP contribution in [0.5, 0.6) is 0 Å². The fourth-order valence-corrected chi connectivity index (χ4v) is 1.72. The Morgan fingerprint density at radius 1 is 1.33 bits per heavy atom. The lowest BCUT2D eigenvalue weighted by Gasteiger charge is -2.10. The van der Waals surface area contributed by atoms with E-state index in [4.69, 9.17) is 11.6 Å². The van der Waals surface area contributed by atoms with Gasteiger partial charge in [0.15, 0.2) is 5.82 Å². The fraction of sp³-hybridized carbons (Fsp3) is 0.231. The van der Waals surface area contributed by atoms with Crippen molar-refractivity contribution >= 4 is 11.6 Å². The minimum absolute atomic E-state index is 0.117. The Balaban J connectivity index is 2.15. The molecule has 94 valence electrons. The van der Waals surface area contributed by atoms with Crippen LogP contribution in [0.25, 0.3) is 0 Å². The number of aromatic nitrogens is 2. The zero-order valence-electron chi connectivity index (χ0n) is 9.77. The van der Waals surface area contributed by atoms with Crippen molar-refractivity contribution in [2.75, 3.05) is 0 Å². The first-order valence-corrected chi connectivity index (χ1v) is 5.84. The third kappa shape index (κ3) is 3.03. The van der Waals surface area contributed by atoms with Crippen molar-refractivity contribution in [2.24, 2.45) is 0 Å². The molecule has 18 heavy (non-hydrogen) atoms. The second-order valence-corrected chi connectivity index (χ2v) is 4.51. The monoisotopic (exact) mass is 266 g/mol. The van der Waals surface area contributed by atoms with Crippen LogP contribution in [0.3, 0.4) is 0 Å². The van der Waals surface area contributed by atoms with Crippen molar-refractivity contribution in [2.45, 2.75) is 19.4 Å². The van der Waals surface area contributed by atoms with Crippen molar-refractivity contribution in [3.8, 4) is 0 Å². The summed E-state index contributed by atoms with van der Waals surface area (Å²) in [6.07, 6.45) is 2.42. The van der Waals surface area contributed by atoms with E-state index < -0.39 is 11.9 Å². The zero-order chi connectivity index (χ0) is 13.1. The number of hydrogen-bond donors (Lipinski definition) is 1. The lowest BCUT2D eigenvalue weighted by molar-refractivity contribution is 0.167. The van der Waals surface area contributed by atoms with Crippen molar-refractivity contribution in [1.82, 2.24) is 9.97 Å². The van der Waals surface area contributed by atoms with Gasteiger partial charge < -0.3 is 5.11 Å². The summed E-state index contributed by atoms with van der Waals surface area (Å²) in [5, 5.41) is 10.3. The topological polar surface area (TPSA) is 46.0 Å². The van der Waals surface area contributed by atoms with Crippen molar-refractivity contribution < 1.29 is 9.50 Å². The highest BCUT2D eigenvalue weighted by Crippen LogP contribution is 2.20. The Morgan fingerprint density at radius 2 is 2.00 bits per heavy atom. The van der Waals surface area contributed by atoms with E-state index in [0.29, 0.717) is 10.6 Å². The predicted octanol–water partition coefficient (Wildman–Crippen LogP) is 2.85. The number of aliphatic hydroxyl groups is 1. The molecule has 1 atom stereocenters. The molecule has 0 saturated carbocycles. The molecule has 0 aliphatic heterocycles. The number of hydrogen-bond acceptors (Lipinski definition) is 3. The minimum Gasteiger partial charge on any atom is -0.385 e. The van der Waals surface area contributed by atoms with Gasteiger partial charge in [0.2, 0.25) is 0 Å². The predicted molar refractivity (Wildman–Crippen MR) is 66.8 cm³/mol. The number of benzene rings is 1. The van der Waals surface area contributed by atoms with Crippen LogP contribution in [0.2, 0.25) is 5.02 Å². The van der Waals surface area contributed by atoms with Gasteiger partial charge in [-0.3, -0.25) is 0 Å². The van der Waals surface area contributed by atoms with E-state index in [-0.39, 0.29) is 12.2 Å². The highest BCUT2D eigenvalue weighted by atomic mass is 35.5. The van der Waals surface area contributed by atoms with Crippen LogP contribution in [0, 0.1) is 12.7 Å². The van der Waals surface area contributed by atoms with Crippen LogP contribution in [0.4, 0.5) is 4.39 Å². The number of rotatable bonds is 3. The maximum Gasteiger partial charge on any atom is 0.157 e. The van der Waals surface area contributed by atoms with Gasteiger partial charge in [-0.05, 0) is 30.2 Å². The highest BCUT2D eigenvalue weighted by molar-refractivity contribution is 6.30. The van der Waals surface area contributed by atoms with Gasteiger partial charge in [-0.1, -0.05) is 17.7 Å². The van der Waals surface area contributed by atoms with Gasteiger partial charge in [-0.25, -0.2) is 14.4 Å². The second-order valence-electron chi connectivity index (χ2n) is 4.07. The Hall–Kier alpha value is -1.52. The van der Waals surface area contributed by atoms with E-state index in [1.165, 1.54) is 6.07 Å². The molecule has 1 heterocycles. The van der Waals surface area contributed by atoms with Gasteiger partial charge >= 0.3 is 0 Å². The summed E-state index contributed by atoms with van der Waals surface area (Å²) < 4.78 is 13.6. The standard InChI is InChI=1S/C13H12ClFN2O/c1-8-6-16-13(17-7-8)12(18)4-9-2-3-10(14)5-11(9)15/h2-3,5-7,12,18H,4H2,1H3. The van der Waals surface area contributed by atoms with E-state index in [1.807, 2.05) is 6.92 Å². The van der Waals surface area contributed by atoms with Crippen molar-refractivity contribution in [3.63, 3.8) is 0 Å². The summed E-state index contributed by atoms with van der Waals surface area (Å²) in [5.74, 6) is -0.149. The molecule has 2 rings (SSSR count). The molecule has 0 aliphatic rings. The van der Waals surface area contributed by atoms with Crippen LogP contribution in [0.1, 0.15) is 23.1 Å². The zero-order valence-corrected chi connectivity index (χ0v) is 10.5. The molecule has 1 unspecified atom stereocenters. The maximum absolute atomic E-state index is 13.6. The Bertz CT molecular complexity index is 545. The highest BCUT2D eigenvalue weighted by Gasteiger charge is 2.14. The Labute approximate surface area is 109 Å². The molecule has 2 aromatic rings. The lowest BCUT2D eigenvalue weighted by atomic mass is 10.1. The lowest BCUT2D eigenvalue weighted by Crippen LogP contribution is -2.07. The van der Waals surface area contributed by atoms with Crippen LogP contribution in [-0.2, 0) is 6.42 Å². The number of aryl methyl sites for hydroxylation is 1. The molecular formula is C13H12ClFN2O. The van der Waals surface area contributed by atoms with Crippen LogP contribution < -0.4 is 0 Å². The maximum atomic E-state index is 13.6. The van der Waals surface area contributed by atoms with Crippen molar-refractivity contribution in [3.05, 3.63) is 58.4 Å². The van der Waals surface area contributed by atoms with Crippen LogP contribution in [-0.4, -0.2) is 15.1 Å². The van der Waals surface area contributed by atoms with E-state index in [2.05, 4.69) is 9.97 Å². The molecule has 1 N–H and O–H groups in total. The van der Waals surface area contributed by atoms with E-state index in [9.17, 15) is 9.50 Å². The van der Waals surface area contributed by atoms with Crippen molar-refractivity contribution in [1.29, 1.82) is 0 Å². The molecule has 0 bridgehead atoms. The fourth-order valence-electron chi connectivity index (χ4n) is 1.56. The Morgan fingerprint density at radius 3 is 2.61 bits per heavy atom. The molecule has 3 nitrogen and oxygen atoms in total. The smallest absolute Gasteiger partial charge is 0.157 e. The number of halogens is 2. The molecule has 0 spiro atoms. The molecule has 5 heteroatoms. The number of nitrogens with zero attached hydrogens (tertiary/aromatic N) is 2. The minimum atomic E-state index is -0.929. The Kier molecular flexibility index (Phi) is 3.89. The van der Waals surface area contributed by atoms with Gasteiger partial charge in [-0.2, -0.15) is 0 Å². The molecule has 0 aliphatic carbocycles. The van der Waals surface area contributed by atoms with E-state index in [1.54, 1.807) is 24.5 Å². The second kappa shape index (κ2) is 5.42. The van der Waals surface area contributed by atoms with Gasteiger partial charge in [-0.15, -0.1) is 0 Å². The number of aliphatic hydroxyl groups excluding tert-OH is 1. The molecule has 1 aromatic carbocycles. The average Bonchev–Trinajstić information content (AvgIpc) is 2.33. The SMILES string of the molecule is Cc1cnc(C(O)Cc2ccc(Cl)cc2F)nc1. The first-order chi connectivity index (χ1) is 8.56. The third-order valence-electron chi connectivity index (χ3n) is 2.53. The first-order valence-electron chi connectivity index (χ1n) is 5.47. The summed E-state index contributed by atoms with van der Waals surface area (Å²) in [7, 11) is 0. The van der Waals surface area contributed by atoms with Gasteiger partial charge in [0, 0.05) is 23.8 Å². The molecule has 0 radical (unpaired) electrons. The van der Waals surface area contributed by atoms with Gasteiger partial charge in [0.05, 0.1) is 0 Å². The van der Waals surface area contributed by atoms with E-state index in [0.717, 1.165) is 5.56 Å². The first kappa shape index (κ1) is 12.9. The van der Waals surface area contributed by atoms with Crippen LogP contribution in [0.15, 0.2) is 30.6 Å². The molecular weight excluding hydrogens is 255 g/mol. The molecule has 0 saturated heterocycles. The van der Waals surface area contributed by atoms with Crippen LogP contribution >= 0.6 is 11.6 Å². The van der Waals surface area contributed by atoms with Gasteiger partial charge in [0.1, 0.15) is 11.9 Å². The molecule has 0 amide bonds. The summed E-state index contributed by atoms with van der Waals surface area (Å²) in [5.41, 5.74) is 1.29. The summed E-state index contributed by atoms with van der Waals surface area (Å²) in [4.78, 5) is 8.02. The molecule has 0 fully saturated rings.